The van der Waals surface area contributed by atoms with Crippen LogP contribution in [0, 0.1) is 0 Å². The number of ketones is 2. The van der Waals surface area contributed by atoms with E-state index in [2.05, 4.69) is 5.32 Å². The Morgan fingerprint density at radius 3 is 1.97 bits per heavy atom. The Kier molecular flexibility index (Phi) is 5.58. The molecule has 160 valence electrons. The maximum Gasteiger partial charge on any atom is 0.255 e. The normalized spacial score (nSPS) is 12.2. The van der Waals surface area contributed by atoms with Gasteiger partial charge in [-0.1, -0.05) is 65.8 Å². The summed E-state index contributed by atoms with van der Waals surface area (Å²) in [6.45, 7) is 0. The lowest BCUT2D eigenvalue weighted by Gasteiger charge is -2.23. The summed E-state index contributed by atoms with van der Waals surface area (Å²) in [6.07, 6.45) is 0. The van der Waals surface area contributed by atoms with Gasteiger partial charge in [-0.3, -0.25) is 14.4 Å². The minimum Gasteiger partial charge on any atom is -0.321 e. The third kappa shape index (κ3) is 3.97. The summed E-state index contributed by atoms with van der Waals surface area (Å²) in [5, 5.41) is 3.33. The lowest BCUT2D eigenvalue weighted by atomic mass is 9.83. The van der Waals surface area contributed by atoms with Gasteiger partial charge in [-0.15, -0.1) is 0 Å². The van der Waals surface area contributed by atoms with Crippen molar-refractivity contribution in [3.05, 3.63) is 124 Å². The third-order valence-corrected chi connectivity index (χ3v) is 6.68. The molecule has 1 amide bonds. The Balaban J connectivity index is 1.62. The van der Waals surface area contributed by atoms with Crippen molar-refractivity contribution in [3.63, 3.8) is 0 Å². The maximum absolute atomic E-state index is 13.5. The highest BCUT2D eigenvalue weighted by Gasteiger charge is 2.34. The van der Waals surface area contributed by atoms with Crippen molar-refractivity contribution < 1.29 is 14.4 Å². The van der Waals surface area contributed by atoms with E-state index < -0.39 is 5.91 Å². The van der Waals surface area contributed by atoms with E-state index in [-0.39, 0.29) is 17.1 Å². The minimum absolute atomic E-state index is 0.210. The Labute approximate surface area is 199 Å². The van der Waals surface area contributed by atoms with Gasteiger partial charge in [-0.25, -0.2) is 0 Å². The standard InChI is InChI=1S/C27H16ClNO3S/c28-17-12-10-16(11-13-17)27(32)29-21-14-15-22(33-18-6-2-1-3-7-18)24-23(21)25(30)19-8-4-5-9-20(19)26(24)31/h1-15H,(H,29,32). The average molecular weight is 470 g/mol. The van der Waals surface area contributed by atoms with Crippen molar-refractivity contribution in [2.45, 2.75) is 9.79 Å². The molecule has 0 atom stereocenters. The Morgan fingerprint density at radius 1 is 0.697 bits per heavy atom. The molecular weight excluding hydrogens is 454 g/mol. The molecule has 0 saturated carbocycles. The summed E-state index contributed by atoms with van der Waals surface area (Å²) >= 11 is 7.33. The van der Waals surface area contributed by atoms with E-state index in [1.165, 1.54) is 11.8 Å². The SMILES string of the molecule is O=C(Nc1ccc(Sc2ccccc2)c2c1C(=O)c1ccccc1C2=O)c1ccc(Cl)cc1. The summed E-state index contributed by atoms with van der Waals surface area (Å²) in [6, 6.07) is 26.3. The van der Waals surface area contributed by atoms with E-state index in [0.29, 0.717) is 37.9 Å². The number of halogens is 1. The molecule has 0 unspecified atom stereocenters. The summed E-state index contributed by atoms with van der Waals surface area (Å²) in [4.78, 5) is 41.5. The van der Waals surface area contributed by atoms with Crippen molar-refractivity contribution in [1.29, 1.82) is 0 Å². The van der Waals surface area contributed by atoms with E-state index in [1.54, 1.807) is 60.7 Å². The lowest BCUT2D eigenvalue weighted by Crippen LogP contribution is -2.24. The molecule has 0 spiro atoms. The molecule has 1 aliphatic carbocycles. The molecule has 5 rings (SSSR count). The van der Waals surface area contributed by atoms with Gasteiger partial charge >= 0.3 is 0 Å². The predicted molar refractivity (Wildman–Crippen MR) is 130 cm³/mol. The monoisotopic (exact) mass is 469 g/mol. The molecule has 0 fully saturated rings. The molecule has 6 heteroatoms. The third-order valence-electron chi connectivity index (χ3n) is 5.36. The van der Waals surface area contributed by atoms with Crippen LogP contribution in [0.1, 0.15) is 42.2 Å². The lowest BCUT2D eigenvalue weighted by molar-refractivity contribution is 0.0976. The van der Waals surface area contributed by atoms with Gasteiger partial charge in [0.2, 0.25) is 0 Å². The quantitative estimate of drug-likeness (QED) is 0.325. The molecule has 0 heterocycles. The van der Waals surface area contributed by atoms with Crippen molar-refractivity contribution in [2.75, 3.05) is 5.32 Å². The Hall–Kier alpha value is -3.67. The average Bonchev–Trinajstić information content (AvgIpc) is 2.84. The molecule has 0 saturated heterocycles. The van der Waals surface area contributed by atoms with Gasteiger partial charge in [0, 0.05) is 37.1 Å². The molecule has 0 bridgehead atoms. The van der Waals surface area contributed by atoms with Crippen molar-refractivity contribution in [3.8, 4) is 0 Å². The number of carbonyl (C=O) groups is 3. The van der Waals surface area contributed by atoms with Gasteiger partial charge in [-0.05, 0) is 48.5 Å². The smallest absolute Gasteiger partial charge is 0.255 e. The number of benzene rings is 4. The number of rotatable bonds is 4. The van der Waals surface area contributed by atoms with Crippen LogP contribution in [0.2, 0.25) is 5.02 Å². The van der Waals surface area contributed by atoms with E-state index in [0.717, 1.165) is 4.90 Å². The minimum atomic E-state index is -0.392. The van der Waals surface area contributed by atoms with Crippen molar-refractivity contribution in [2.24, 2.45) is 0 Å². The van der Waals surface area contributed by atoms with Gasteiger partial charge in [0.1, 0.15) is 0 Å². The molecule has 1 aliphatic rings. The second-order valence-corrected chi connectivity index (χ2v) is 8.99. The first-order chi connectivity index (χ1) is 16.0. The first-order valence-electron chi connectivity index (χ1n) is 10.2. The second kappa shape index (κ2) is 8.70. The summed E-state index contributed by atoms with van der Waals surface area (Å²) in [7, 11) is 0. The fourth-order valence-corrected chi connectivity index (χ4v) is 4.90. The summed E-state index contributed by atoms with van der Waals surface area (Å²) in [5.74, 6) is -0.917. The largest absolute Gasteiger partial charge is 0.321 e. The van der Waals surface area contributed by atoms with Crippen LogP contribution in [0.15, 0.2) is 101 Å². The maximum atomic E-state index is 13.5. The van der Waals surface area contributed by atoms with E-state index in [9.17, 15) is 14.4 Å². The molecule has 0 aromatic heterocycles. The van der Waals surface area contributed by atoms with E-state index >= 15 is 0 Å². The molecule has 0 aliphatic heterocycles. The number of carbonyl (C=O) groups excluding carboxylic acids is 3. The number of hydrogen-bond acceptors (Lipinski definition) is 4. The van der Waals surface area contributed by atoms with Crippen LogP contribution >= 0.6 is 23.4 Å². The zero-order valence-electron chi connectivity index (χ0n) is 17.2. The number of nitrogens with one attached hydrogen (secondary N) is 1. The van der Waals surface area contributed by atoms with Crippen LogP contribution in [0.4, 0.5) is 5.69 Å². The molecule has 4 aromatic rings. The molecule has 0 radical (unpaired) electrons. The Bertz CT molecular complexity index is 1420. The number of anilines is 1. The van der Waals surface area contributed by atoms with Crippen LogP contribution < -0.4 is 5.32 Å². The molecular formula is C27H16ClNO3S. The Morgan fingerprint density at radius 2 is 1.30 bits per heavy atom. The highest BCUT2D eigenvalue weighted by Crippen LogP contribution is 2.40. The zero-order valence-corrected chi connectivity index (χ0v) is 18.7. The summed E-state index contributed by atoms with van der Waals surface area (Å²) in [5.41, 5.74) is 1.91. The fraction of sp³-hybridized carbons (Fsp3) is 0. The van der Waals surface area contributed by atoms with Gasteiger partial charge in [0.15, 0.2) is 11.6 Å². The van der Waals surface area contributed by atoms with Crippen LogP contribution in [0.3, 0.4) is 0 Å². The summed E-state index contributed by atoms with van der Waals surface area (Å²) < 4.78 is 0. The fourth-order valence-electron chi connectivity index (χ4n) is 3.79. The van der Waals surface area contributed by atoms with Gasteiger partial charge in [-0.2, -0.15) is 0 Å². The first-order valence-corrected chi connectivity index (χ1v) is 11.4. The number of hydrogen-bond donors (Lipinski definition) is 1. The van der Waals surface area contributed by atoms with E-state index in [1.807, 2.05) is 30.3 Å². The van der Waals surface area contributed by atoms with Gasteiger partial charge < -0.3 is 5.32 Å². The van der Waals surface area contributed by atoms with Gasteiger partial charge in [0.25, 0.3) is 5.91 Å². The molecule has 4 aromatic carbocycles. The number of amides is 1. The van der Waals surface area contributed by atoms with Crippen molar-refractivity contribution >= 4 is 46.5 Å². The van der Waals surface area contributed by atoms with Crippen LogP contribution in [-0.4, -0.2) is 17.5 Å². The van der Waals surface area contributed by atoms with Gasteiger partial charge in [0.05, 0.1) is 11.3 Å². The van der Waals surface area contributed by atoms with Crippen LogP contribution in [0.5, 0.6) is 0 Å². The number of fused-ring (bicyclic) bond motifs is 2. The zero-order chi connectivity index (χ0) is 22.9. The van der Waals surface area contributed by atoms with E-state index in [4.69, 9.17) is 11.6 Å². The topological polar surface area (TPSA) is 63.2 Å². The van der Waals surface area contributed by atoms with Crippen molar-refractivity contribution in [1.82, 2.24) is 0 Å². The highest BCUT2D eigenvalue weighted by molar-refractivity contribution is 7.99. The second-order valence-electron chi connectivity index (χ2n) is 7.44. The molecule has 33 heavy (non-hydrogen) atoms. The predicted octanol–water partition coefficient (Wildman–Crippen LogP) is 6.52. The van der Waals surface area contributed by atoms with Crippen LogP contribution in [0.25, 0.3) is 0 Å². The molecule has 1 N–H and O–H groups in total. The molecule has 4 nitrogen and oxygen atoms in total. The van der Waals surface area contributed by atoms with Crippen LogP contribution in [-0.2, 0) is 0 Å². The first kappa shape index (κ1) is 21.2. The highest BCUT2D eigenvalue weighted by atomic mass is 35.5.